The maximum Gasteiger partial charge on any atom is 0.262 e. The third kappa shape index (κ3) is 4.60. The first-order valence-electron chi connectivity index (χ1n) is 9.98. The fourth-order valence-electron chi connectivity index (χ4n) is 3.70. The van der Waals surface area contributed by atoms with Crippen LogP contribution in [0.5, 0.6) is 0 Å². The van der Waals surface area contributed by atoms with Crippen LogP contribution in [0.25, 0.3) is 10.9 Å². The second-order valence-electron chi connectivity index (χ2n) is 7.44. The zero-order valence-electron chi connectivity index (χ0n) is 16.9. The quantitative estimate of drug-likeness (QED) is 0.309. The number of aryl methyl sites for hydroxylation is 1. The molecule has 0 saturated carbocycles. The fourth-order valence-corrected chi connectivity index (χ4v) is 3.83. The molecule has 1 saturated heterocycles. The molecule has 1 aliphatic rings. The largest absolute Gasteiger partial charge is 0.372 e. The Morgan fingerprint density at radius 3 is 2.68 bits per heavy atom. The minimum atomic E-state index is -0.729. The summed E-state index contributed by atoms with van der Waals surface area (Å²) in [5.74, 6) is -0.333. The molecular formula is C22H22ClN5O3. The Morgan fingerprint density at radius 1 is 1.16 bits per heavy atom. The first kappa shape index (κ1) is 21.0. The average Bonchev–Trinajstić information content (AvgIpc) is 2.74. The van der Waals surface area contributed by atoms with Crippen LogP contribution in [-0.2, 0) is 16.1 Å². The number of anilines is 1. The Balaban J connectivity index is 1.51. The second-order valence-corrected chi connectivity index (χ2v) is 7.88. The molecule has 160 valence electrons. The molecule has 8 nitrogen and oxygen atoms in total. The summed E-state index contributed by atoms with van der Waals surface area (Å²) in [6, 6.07) is 12.2. The number of rotatable bonds is 6. The lowest BCUT2D eigenvalue weighted by Crippen LogP contribution is -2.45. The predicted molar refractivity (Wildman–Crippen MR) is 119 cm³/mol. The van der Waals surface area contributed by atoms with Crippen molar-refractivity contribution in [3.63, 3.8) is 0 Å². The van der Waals surface area contributed by atoms with Crippen LogP contribution in [0.1, 0.15) is 30.3 Å². The Morgan fingerprint density at radius 2 is 1.94 bits per heavy atom. The Kier molecular flexibility index (Phi) is 6.01. The van der Waals surface area contributed by atoms with Gasteiger partial charge in [0.05, 0.1) is 17.6 Å². The SMILES string of the molecule is Cc1nc2ccc(CNCNc3ccc(Cl)cc3)cc2c(=O)n1C1CCC(=O)NC1=O. The van der Waals surface area contributed by atoms with Gasteiger partial charge >= 0.3 is 0 Å². The number of hydrogen-bond donors (Lipinski definition) is 3. The van der Waals surface area contributed by atoms with Gasteiger partial charge in [0, 0.05) is 23.7 Å². The monoisotopic (exact) mass is 439 g/mol. The molecule has 4 rings (SSSR count). The third-order valence-electron chi connectivity index (χ3n) is 5.25. The molecule has 3 N–H and O–H groups in total. The van der Waals surface area contributed by atoms with Gasteiger partial charge in [-0.05, 0) is 55.3 Å². The van der Waals surface area contributed by atoms with E-state index in [1.165, 1.54) is 4.57 Å². The number of carbonyl (C=O) groups is 2. The number of benzene rings is 2. The number of fused-ring (bicyclic) bond motifs is 1. The van der Waals surface area contributed by atoms with Crippen LogP contribution in [0, 0.1) is 6.92 Å². The average molecular weight is 440 g/mol. The summed E-state index contributed by atoms with van der Waals surface area (Å²) >= 11 is 5.89. The molecule has 0 aliphatic carbocycles. The topological polar surface area (TPSA) is 105 Å². The number of hydrogen-bond acceptors (Lipinski definition) is 6. The minimum absolute atomic E-state index is 0.199. The maximum absolute atomic E-state index is 13.2. The summed E-state index contributed by atoms with van der Waals surface area (Å²) in [6.45, 7) is 2.77. The number of nitrogens with one attached hydrogen (secondary N) is 3. The number of aromatic nitrogens is 2. The number of amides is 2. The molecule has 1 unspecified atom stereocenters. The summed E-state index contributed by atoms with van der Waals surface area (Å²) in [5, 5.41) is 9.94. The van der Waals surface area contributed by atoms with Gasteiger partial charge in [-0.1, -0.05) is 17.7 Å². The van der Waals surface area contributed by atoms with E-state index < -0.39 is 11.9 Å². The van der Waals surface area contributed by atoms with Gasteiger partial charge in [-0.3, -0.25) is 29.6 Å². The molecule has 3 aromatic rings. The van der Waals surface area contributed by atoms with Crippen LogP contribution in [0.3, 0.4) is 0 Å². The number of nitrogens with zero attached hydrogens (tertiary/aromatic N) is 2. The molecule has 0 bridgehead atoms. The van der Waals surface area contributed by atoms with Crippen molar-refractivity contribution in [3.05, 3.63) is 69.2 Å². The molecule has 31 heavy (non-hydrogen) atoms. The van der Waals surface area contributed by atoms with E-state index >= 15 is 0 Å². The molecular weight excluding hydrogens is 418 g/mol. The first-order valence-corrected chi connectivity index (χ1v) is 10.4. The zero-order valence-corrected chi connectivity index (χ0v) is 17.7. The van der Waals surface area contributed by atoms with E-state index in [0.29, 0.717) is 35.0 Å². The van der Waals surface area contributed by atoms with Gasteiger partial charge < -0.3 is 5.32 Å². The molecule has 1 aliphatic heterocycles. The molecule has 2 heterocycles. The van der Waals surface area contributed by atoms with Gasteiger partial charge in [0.25, 0.3) is 5.56 Å². The van der Waals surface area contributed by atoms with Gasteiger partial charge in [-0.15, -0.1) is 0 Å². The number of imide groups is 1. The van der Waals surface area contributed by atoms with Crippen molar-refractivity contribution in [2.75, 3.05) is 12.0 Å². The molecule has 2 aromatic carbocycles. The molecule has 0 radical (unpaired) electrons. The first-order chi connectivity index (χ1) is 14.9. The molecule has 1 fully saturated rings. The Hall–Kier alpha value is -3.23. The van der Waals surface area contributed by atoms with Crippen molar-refractivity contribution in [2.24, 2.45) is 0 Å². The second kappa shape index (κ2) is 8.87. The zero-order chi connectivity index (χ0) is 22.0. The van der Waals surface area contributed by atoms with Gasteiger partial charge in [0.15, 0.2) is 0 Å². The van der Waals surface area contributed by atoms with Crippen molar-refractivity contribution >= 4 is 40.0 Å². The van der Waals surface area contributed by atoms with Gasteiger partial charge in [0.1, 0.15) is 11.9 Å². The van der Waals surface area contributed by atoms with Crippen molar-refractivity contribution in [3.8, 4) is 0 Å². The van der Waals surface area contributed by atoms with E-state index in [9.17, 15) is 14.4 Å². The minimum Gasteiger partial charge on any atom is -0.372 e. The van der Waals surface area contributed by atoms with E-state index in [0.717, 1.165) is 11.3 Å². The van der Waals surface area contributed by atoms with E-state index in [1.54, 1.807) is 13.0 Å². The normalized spacial score (nSPS) is 16.4. The van der Waals surface area contributed by atoms with E-state index in [-0.39, 0.29) is 24.3 Å². The number of halogens is 1. The molecule has 0 spiro atoms. The van der Waals surface area contributed by atoms with E-state index in [1.807, 2.05) is 36.4 Å². The highest BCUT2D eigenvalue weighted by Crippen LogP contribution is 2.20. The van der Waals surface area contributed by atoms with Crippen LogP contribution in [-0.4, -0.2) is 28.0 Å². The highest BCUT2D eigenvalue weighted by molar-refractivity contribution is 6.30. The summed E-state index contributed by atoms with van der Waals surface area (Å²) < 4.78 is 1.39. The van der Waals surface area contributed by atoms with Gasteiger partial charge in [-0.2, -0.15) is 0 Å². The van der Waals surface area contributed by atoms with Gasteiger partial charge in [-0.25, -0.2) is 4.98 Å². The number of piperidine rings is 1. The Bertz CT molecular complexity index is 1210. The van der Waals surface area contributed by atoms with Crippen LogP contribution in [0.15, 0.2) is 47.3 Å². The molecule has 9 heteroatoms. The van der Waals surface area contributed by atoms with E-state index in [2.05, 4.69) is 20.9 Å². The summed E-state index contributed by atoms with van der Waals surface area (Å²) in [7, 11) is 0. The summed E-state index contributed by atoms with van der Waals surface area (Å²) in [6.07, 6.45) is 0.487. The van der Waals surface area contributed by atoms with E-state index in [4.69, 9.17) is 11.6 Å². The van der Waals surface area contributed by atoms with Crippen LogP contribution in [0.4, 0.5) is 5.69 Å². The Labute approximate surface area is 183 Å². The highest BCUT2D eigenvalue weighted by atomic mass is 35.5. The van der Waals surface area contributed by atoms with Crippen LogP contribution in [0.2, 0.25) is 5.02 Å². The van der Waals surface area contributed by atoms with Crippen molar-refractivity contribution in [1.29, 1.82) is 0 Å². The van der Waals surface area contributed by atoms with Crippen molar-refractivity contribution in [2.45, 2.75) is 32.4 Å². The highest BCUT2D eigenvalue weighted by Gasteiger charge is 2.30. The summed E-state index contributed by atoms with van der Waals surface area (Å²) in [5.41, 5.74) is 2.16. The van der Waals surface area contributed by atoms with Crippen LogP contribution < -0.4 is 21.5 Å². The van der Waals surface area contributed by atoms with Crippen LogP contribution >= 0.6 is 11.6 Å². The lowest BCUT2D eigenvalue weighted by molar-refractivity contribution is -0.135. The summed E-state index contributed by atoms with van der Waals surface area (Å²) in [4.78, 5) is 41.4. The van der Waals surface area contributed by atoms with Crippen molar-refractivity contribution in [1.82, 2.24) is 20.2 Å². The lowest BCUT2D eigenvalue weighted by Gasteiger charge is -2.24. The molecule has 1 aromatic heterocycles. The predicted octanol–water partition coefficient (Wildman–Crippen LogP) is 2.50. The third-order valence-corrected chi connectivity index (χ3v) is 5.51. The molecule has 1 atom stereocenters. The lowest BCUT2D eigenvalue weighted by atomic mass is 10.0. The maximum atomic E-state index is 13.2. The number of carbonyl (C=O) groups excluding carboxylic acids is 2. The smallest absolute Gasteiger partial charge is 0.262 e. The fraction of sp³-hybridized carbons (Fsp3) is 0.273. The standard InChI is InChI=1S/C22H22ClN5O3/c1-13-26-18-7-2-14(11-24-12-25-16-5-3-15(23)4-6-16)10-17(18)22(31)28(13)19-8-9-20(29)27-21(19)30/h2-7,10,19,24-25H,8-9,11-12H2,1H3,(H,27,29,30). The molecule has 2 amide bonds. The van der Waals surface area contributed by atoms with Crippen molar-refractivity contribution < 1.29 is 9.59 Å². The van der Waals surface area contributed by atoms with Gasteiger partial charge in [0.2, 0.25) is 11.8 Å².